The normalized spacial score (nSPS) is 21.2. The third-order valence-electron chi connectivity index (χ3n) is 3.79. The molecule has 2 N–H and O–H groups in total. The molecule has 2 unspecified atom stereocenters. The van der Waals surface area contributed by atoms with Gasteiger partial charge in [-0.25, -0.2) is 0 Å². The minimum absolute atomic E-state index is 0.319. The smallest absolute Gasteiger partial charge is 0.119 e. The first-order valence-corrected chi connectivity index (χ1v) is 8.38. The number of ether oxygens (including phenoxy) is 1. The molecule has 0 spiro atoms. The van der Waals surface area contributed by atoms with Gasteiger partial charge in [0, 0.05) is 17.6 Å². The standard InChI is InChI=1S/C16H25BrN2O2/c1-19-8-2-3-13(11-19)9-18-10-15(20)12-21-16-6-4-14(17)5-7-16/h4-7,13,15,18,20H,2-3,8-12H2,1H3. The Labute approximate surface area is 135 Å². The molecule has 1 heterocycles. The largest absolute Gasteiger partial charge is 0.491 e. The molecular formula is C16H25BrN2O2. The van der Waals surface area contributed by atoms with Crippen LogP contribution >= 0.6 is 15.9 Å². The first-order valence-electron chi connectivity index (χ1n) is 7.59. The van der Waals surface area contributed by atoms with Crippen molar-refractivity contribution in [2.24, 2.45) is 5.92 Å². The van der Waals surface area contributed by atoms with Crippen LogP contribution in [0.15, 0.2) is 28.7 Å². The van der Waals surface area contributed by atoms with Gasteiger partial charge in [-0.05, 0) is 63.2 Å². The number of nitrogens with zero attached hydrogens (tertiary/aromatic N) is 1. The minimum Gasteiger partial charge on any atom is -0.491 e. The van der Waals surface area contributed by atoms with Gasteiger partial charge in [-0.3, -0.25) is 0 Å². The van der Waals surface area contributed by atoms with Gasteiger partial charge >= 0.3 is 0 Å². The number of benzene rings is 1. The summed E-state index contributed by atoms with van der Waals surface area (Å²) in [6.07, 6.45) is 2.08. The van der Waals surface area contributed by atoms with E-state index < -0.39 is 6.10 Å². The first-order chi connectivity index (χ1) is 10.1. The van der Waals surface area contributed by atoms with Crippen molar-refractivity contribution >= 4 is 15.9 Å². The van der Waals surface area contributed by atoms with E-state index in [9.17, 15) is 5.11 Å². The summed E-state index contributed by atoms with van der Waals surface area (Å²) in [4.78, 5) is 2.38. The van der Waals surface area contributed by atoms with E-state index in [0.717, 1.165) is 23.3 Å². The van der Waals surface area contributed by atoms with Crippen molar-refractivity contribution in [3.63, 3.8) is 0 Å². The number of piperidine rings is 1. The van der Waals surface area contributed by atoms with Crippen LogP contribution in [-0.2, 0) is 0 Å². The van der Waals surface area contributed by atoms with Crippen LogP contribution in [0, 0.1) is 5.92 Å². The highest BCUT2D eigenvalue weighted by molar-refractivity contribution is 9.10. The van der Waals surface area contributed by atoms with E-state index in [1.165, 1.54) is 19.4 Å². The van der Waals surface area contributed by atoms with Crippen LogP contribution in [0.5, 0.6) is 5.75 Å². The molecule has 1 aliphatic heterocycles. The van der Waals surface area contributed by atoms with Crippen LogP contribution in [-0.4, -0.2) is 55.9 Å². The van der Waals surface area contributed by atoms with Crippen molar-refractivity contribution in [2.45, 2.75) is 18.9 Å². The van der Waals surface area contributed by atoms with Gasteiger partial charge in [0.1, 0.15) is 18.5 Å². The quantitative estimate of drug-likeness (QED) is 0.785. The van der Waals surface area contributed by atoms with E-state index in [1.807, 2.05) is 24.3 Å². The molecule has 5 heteroatoms. The molecule has 0 aromatic heterocycles. The molecule has 0 amide bonds. The Kier molecular flexibility index (Phi) is 6.96. The van der Waals surface area contributed by atoms with Gasteiger partial charge in [-0.2, -0.15) is 0 Å². The SMILES string of the molecule is CN1CCCC(CNCC(O)COc2ccc(Br)cc2)C1. The lowest BCUT2D eigenvalue weighted by molar-refractivity contribution is 0.103. The predicted molar refractivity (Wildman–Crippen MR) is 88.7 cm³/mol. The summed E-state index contributed by atoms with van der Waals surface area (Å²) >= 11 is 3.38. The lowest BCUT2D eigenvalue weighted by atomic mass is 9.98. The Bertz CT molecular complexity index is 413. The van der Waals surface area contributed by atoms with Crippen molar-refractivity contribution < 1.29 is 9.84 Å². The maximum absolute atomic E-state index is 9.94. The maximum Gasteiger partial charge on any atom is 0.119 e. The van der Waals surface area contributed by atoms with E-state index in [0.29, 0.717) is 19.1 Å². The monoisotopic (exact) mass is 356 g/mol. The fourth-order valence-electron chi connectivity index (χ4n) is 2.68. The molecule has 1 saturated heterocycles. The molecule has 1 fully saturated rings. The molecule has 0 aliphatic carbocycles. The van der Waals surface area contributed by atoms with E-state index in [-0.39, 0.29) is 0 Å². The fraction of sp³-hybridized carbons (Fsp3) is 0.625. The van der Waals surface area contributed by atoms with E-state index in [1.54, 1.807) is 0 Å². The number of nitrogens with one attached hydrogen (secondary N) is 1. The molecule has 1 aliphatic rings. The Morgan fingerprint density at radius 2 is 2.19 bits per heavy atom. The predicted octanol–water partition coefficient (Wildman–Crippen LogP) is 2.12. The van der Waals surface area contributed by atoms with E-state index in [2.05, 4.69) is 33.2 Å². The number of rotatable bonds is 7. The summed E-state index contributed by atoms with van der Waals surface area (Å²) in [7, 11) is 2.17. The second-order valence-corrected chi connectivity index (χ2v) is 6.76. The number of aliphatic hydroxyl groups is 1. The average Bonchev–Trinajstić information content (AvgIpc) is 2.47. The Balaban J connectivity index is 1.59. The number of halogens is 1. The van der Waals surface area contributed by atoms with Gasteiger partial charge in [0.25, 0.3) is 0 Å². The van der Waals surface area contributed by atoms with Crippen molar-refractivity contribution in [1.29, 1.82) is 0 Å². The molecule has 2 rings (SSSR count). The highest BCUT2D eigenvalue weighted by Gasteiger charge is 2.17. The molecule has 0 saturated carbocycles. The molecule has 21 heavy (non-hydrogen) atoms. The van der Waals surface area contributed by atoms with Crippen LogP contribution in [0.2, 0.25) is 0 Å². The van der Waals surface area contributed by atoms with E-state index >= 15 is 0 Å². The van der Waals surface area contributed by atoms with Crippen molar-refractivity contribution in [2.75, 3.05) is 39.8 Å². The molecular weight excluding hydrogens is 332 g/mol. The highest BCUT2D eigenvalue weighted by Crippen LogP contribution is 2.16. The number of aliphatic hydroxyl groups excluding tert-OH is 1. The molecule has 4 nitrogen and oxygen atoms in total. The van der Waals surface area contributed by atoms with Crippen LogP contribution in [0.3, 0.4) is 0 Å². The van der Waals surface area contributed by atoms with Crippen LogP contribution in [0.4, 0.5) is 0 Å². The second kappa shape index (κ2) is 8.73. The van der Waals surface area contributed by atoms with Gasteiger partial charge in [-0.1, -0.05) is 15.9 Å². The second-order valence-electron chi connectivity index (χ2n) is 5.85. The summed E-state index contributed by atoms with van der Waals surface area (Å²) in [6, 6.07) is 7.64. The lowest BCUT2D eigenvalue weighted by Gasteiger charge is -2.30. The zero-order chi connectivity index (χ0) is 15.1. The minimum atomic E-state index is -0.477. The highest BCUT2D eigenvalue weighted by atomic mass is 79.9. The fourth-order valence-corrected chi connectivity index (χ4v) is 2.94. The number of hydrogen-bond acceptors (Lipinski definition) is 4. The van der Waals surface area contributed by atoms with Crippen LogP contribution < -0.4 is 10.1 Å². The van der Waals surface area contributed by atoms with E-state index in [4.69, 9.17) is 4.74 Å². The summed E-state index contributed by atoms with van der Waals surface area (Å²) in [5, 5.41) is 13.3. The first kappa shape index (κ1) is 16.7. The third-order valence-corrected chi connectivity index (χ3v) is 4.32. The average molecular weight is 357 g/mol. The topological polar surface area (TPSA) is 44.7 Å². The summed E-state index contributed by atoms with van der Waals surface area (Å²) < 4.78 is 6.59. The Morgan fingerprint density at radius 1 is 1.43 bits per heavy atom. The van der Waals surface area contributed by atoms with Crippen molar-refractivity contribution in [3.05, 3.63) is 28.7 Å². The molecule has 2 atom stereocenters. The Hall–Kier alpha value is -0.620. The van der Waals surface area contributed by atoms with Gasteiger partial charge in [0.15, 0.2) is 0 Å². The molecule has 0 bridgehead atoms. The Morgan fingerprint density at radius 3 is 2.90 bits per heavy atom. The zero-order valence-electron chi connectivity index (χ0n) is 12.6. The van der Waals surface area contributed by atoms with Crippen molar-refractivity contribution in [3.8, 4) is 5.75 Å². The molecule has 1 aromatic rings. The number of likely N-dealkylation sites (tertiary alicyclic amines) is 1. The van der Waals surface area contributed by atoms with Crippen LogP contribution in [0.1, 0.15) is 12.8 Å². The van der Waals surface area contributed by atoms with Crippen LogP contribution in [0.25, 0.3) is 0 Å². The van der Waals surface area contributed by atoms with Gasteiger partial charge in [0.2, 0.25) is 0 Å². The van der Waals surface area contributed by atoms with Gasteiger partial charge < -0.3 is 20.1 Å². The summed E-state index contributed by atoms with van der Waals surface area (Å²) in [5.74, 6) is 1.48. The molecule has 118 valence electrons. The summed E-state index contributed by atoms with van der Waals surface area (Å²) in [5.41, 5.74) is 0. The zero-order valence-corrected chi connectivity index (χ0v) is 14.2. The van der Waals surface area contributed by atoms with Gasteiger partial charge in [0.05, 0.1) is 0 Å². The molecule has 0 radical (unpaired) electrons. The summed E-state index contributed by atoms with van der Waals surface area (Å²) in [6.45, 7) is 4.23. The maximum atomic E-state index is 9.94. The molecule has 1 aromatic carbocycles. The lowest BCUT2D eigenvalue weighted by Crippen LogP contribution is -2.40. The number of hydrogen-bond donors (Lipinski definition) is 2. The van der Waals surface area contributed by atoms with Gasteiger partial charge in [-0.15, -0.1) is 0 Å². The third kappa shape index (κ3) is 6.34. The van der Waals surface area contributed by atoms with Crippen molar-refractivity contribution in [1.82, 2.24) is 10.2 Å².